The van der Waals surface area contributed by atoms with Gasteiger partial charge in [-0.3, -0.25) is 4.90 Å². The standard InChI is InChI=1S/C16H20F2N4OS/c1-24-15-13-4-3-12(22(13)20-10-19-15)14-5-2-11(23-14)8-21-7-6-16(17,18)9-21/h3-4,10-11,14H,2,5-9H2,1H3/t11-,14+/m0/s1. The Bertz CT molecular complexity index is 738. The maximum absolute atomic E-state index is 13.3. The first-order valence-corrected chi connectivity index (χ1v) is 9.40. The van der Waals surface area contributed by atoms with Crippen molar-refractivity contribution < 1.29 is 13.5 Å². The molecule has 2 fully saturated rings. The zero-order valence-electron chi connectivity index (χ0n) is 13.5. The zero-order chi connectivity index (χ0) is 16.7. The van der Waals surface area contributed by atoms with Gasteiger partial charge in [0, 0.05) is 19.5 Å². The van der Waals surface area contributed by atoms with Crippen molar-refractivity contribution in [3.8, 4) is 0 Å². The van der Waals surface area contributed by atoms with Gasteiger partial charge in [0.05, 0.1) is 23.9 Å². The monoisotopic (exact) mass is 354 g/mol. The van der Waals surface area contributed by atoms with Crippen molar-refractivity contribution in [2.24, 2.45) is 0 Å². The van der Waals surface area contributed by atoms with Crippen molar-refractivity contribution in [2.45, 2.75) is 42.4 Å². The average Bonchev–Trinajstić information content (AvgIpc) is 3.25. The van der Waals surface area contributed by atoms with Gasteiger partial charge in [-0.15, -0.1) is 11.8 Å². The highest BCUT2D eigenvalue weighted by molar-refractivity contribution is 7.98. The fourth-order valence-corrected chi connectivity index (χ4v) is 4.16. The Labute approximate surface area is 143 Å². The second-order valence-electron chi connectivity index (χ2n) is 6.49. The summed E-state index contributed by atoms with van der Waals surface area (Å²) < 4.78 is 34.7. The molecule has 0 N–H and O–H groups in total. The molecule has 4 rings (SSSR count). The van der Waals surface area contributed by atoms with Gasteiger partial charge in [-0.25, -0.2) is 18.3 Å². The lowest BCUT2D eigenvalue weighted by Crippen LogP contribution is -2.32. The molecule has 0 aliphatic carbocycles. The molecule has 4 heterocycles. The first-order valence-electron chi connectivity index (χ1n) is 8.18. The van der Waals surface area contributed by atoms with Crippen LogP contribution in [-0.2, 0) is 4.74 Å². The number of aromatic nitrogens is 3. The van der Waals surface area contributed by atoms with E-state index in [4.69, 9.17) is 4.74 Å². The Kier molecular flexibility index (Phi) is 4.22. The third-order valence-corrected chi connectivity index (χ3v) is 5.49. The number of fused-ring (bicyclic) bond motifs is 1. The minimum Gasteiger partial charge on any atom is -0.367 e. The van der Waals surface area contributed by atoms with E-state index < -0.39 is 5.92 Å². The molecule has 2 aliphatic rings. The highest BCUT2D eigenvalue weighted by Gasteiger charge is 2.40. The number of hydrogen-bond acceptors (Lipinski definition) is 5. The number of likely N-dealkylation sites (tertiary alicyclic amines) is 1. The van der Waals surface area contributed by atoms with Crippen LogP contribution in [0, 0.1) is 0 Å². The molecule has 0 radical (unpaired) electrons. The Balaban J connectivity index is 1.46. The minimum absolute atomic E-state index is 0.0105. The summed E-state index contributed by atoms with van der Waals surface area (Å²) in [5.41, 5.74) is 1.99. The lowest BCUT2D eigenvalue weighted by molar-refractivity contribution is -0.00403. The maximum Gasteiger partial charge on any atom is 0.261 e. The fourth-order valence-electron chi connectivity index (χ4n) is 3.64. The van der Waals surface area contributed by atoms with Crippen LogP contribution in [0.25, 0.3) is 5.52 Å². The lowest BCUT2D eigenvalue weighted by Gasteiger charge is -2.20. The number of rotatable bonds is 4. The van der Waals surface area contributed by atoms with Gasteiger partial charge in [-0.2, -0.15) is 5.10 Å². The van der Waals surface area contributed by atoms with Crippen LogP contribution in [0.5, 0.6) is 0 Å². The van der Waals surface area contributed by atoms with Gasteiger partial charge in [-0.05, 0) is 31.2 Å². The molecule has 0 bridgehead atoms. The van der Waals surface area contributed by atoms with Gasteiger partial charge in [-0.1, -0.05) is 0 Å². The molecule has 8 heteroatoms. The van der Waals surface area contributed by atoms with Crippen LogP contribution in [-0.4, -0.2) is 57.4 Å². The molecule has 2 saturated heterocycles. The molecule has 0 aromatic carbocycles. The Morgan fingerprint density at radius 1 is 1.38 bits per heavy atom. The molecule has 2 aromatic heterocycles. The second-order valence-corrected chi connectivity index (χ2v) is 7.28. The summed E-state index contributed by atoms with van der Waals surface area (Å²) in [5.74, 6) is -2.54. The summed E-state index contributed by atoms with van der Waals surface area (Å²) in [6, 6.07) is 4.04. The molecule has 2 aliphatic heterocycles. The smallest absolute Gasteiger partial charge is 0.261 e. The summed E-state index contributed by atoms with van der Waals surface area (Å²) in [5, 5.41) is 5.28. The van der Waals surface area contributed by atoms with Crippen LogP contribution < -0.4 is 0 Å². The number of halogens is 2. The van der Waals surface area contributed by atoms with Crippen LogP contribution in [0.1, 0.15) is 31.1 Å². The molecule has 130 valence electrons. The number of nitrogens with zero attached hydrogens (tertiary/aromatic N) is 4. The van der Waals surface area contributed by atoms with E-state index in [-0.39, 0.29) is 25.2 Å². The largest absolute Gasteiger partial charge is 0.367 e. The fraction of sp³-hybridized carbons (Fsp3) is 0.625. The van der Waals surface area contributed by atoms with E-state index in [9.17, 15) is 8.78 Å². The van der Waals surface area contributed by atoms with Crippen molar-refractivity contribution in [1.29, 1.82) is 0 Å². The summed E-state index contributed by atoms with van der Waals surface area (Å²) in [7, 11) is 0. The van der Waals surface area contributed by atoms with Gasteiger partial charge in [0.2, 0.25) is 0 Å². The van der Waals surface area contributed by atoms with E-state index >= 15 is 0 Å². The topological polar surface area (TPSA) is 42.7 Å². The molecule has 2 aromatic rings. The lowest BCUT2D eigenvalue weighted by atomic mass is 10.1. The molecular formula is C16H20F2N4OS. The van der Waals surface area contributed by atoms with E-state index in [0.717, 1.165) is 29.1 Å². The minimum atomic E-state index is -2.54. The third-order valence-electron chi connectivity index (χ3n) is 4.79. The molecule has 24 heavy (non-hydrogen) atoms. The van der Waals surface area contributed by atoms with Gasteiger partial charge in [0.25, 0.3) is 5.92 Å². The van der Waals surface area contributed by atoms with Gasteiger partial charge in [0.1, 0.15) is 17.5 Å². The van der Waals surface area contributed by atoms with Crippen molar-refractivity contribution in [2.75, 3.05) is 25.9 Å². The molecule has 0 spiro atoms. The van der Waals surface area contributed by atoms with E-state index in [2.05, 4.69) is 10.1 Å². The Hall–Kier alpha value is -1.25. The van der Waals surface area contributed by atoms with Crippen molar-refractivity contribution in [3.05, 3.63) is 24.2 Å². The summed E-state index contributed by atoms with van der Waals surface area (Å²) in [4.78, 5) is 6.09. The zero-order valence-corrected chi connectivity index (χ0v) is 14.3. The second kappa shape index (κ2) is 6.24. The van der Waals surface area contributed by atoms with Gasteiger partial charge >= 0.3 is 0 Å². The van der Waals surface area contributed by atoms with E-state index in [1.54, 1.807) is 18.1 Å². The molecule has 0 amide bonds. The average molecular weight is 354 g/mol. The van der Waals surface area contributed by atoms with E-state index in [1.807, 2.05) is 27.8 Å². The third kappa shape index (κ3) is 3.02. The van der Waals surface area contributed by atoms with Crippen LogP contribution in [0.4, 0.5) is 8.78 Å². The highest BCUT2D eigenvalue weighted by atomic mass is 32.2. The summed E-state index contributed by atoms with van der Waals surface area (Å²) in [6.07, 6.45) is 5.26. The number of hydrogen-bond donors (Lipinski definition) is 0. The first-order chi connectivity index (χ1) is 11.6. The Morgan fingerprint density at radius 3 is 3.00 bits per heavy atom. The number of ether oxygens (including phenoxy) is 1. The van der Waals surface area contributed by atoms with Gasteiger partial charge < -0.3 is 4.74 Å². The normalized spacial score (nSPS) is 27.3. The summed E-state index contributed by atoms with van der Waals surface area (Å²) in [6.45, 7) is 0.895. The van der Waals surface area contributed by atoms with E-state index in [0.29, 0.717) is 13.1 Å². The first kappa shape index (κ1) is 16.2. The quantitative estimate of drug-likeness (QED) is 0.790. The molecule has 0 unspecified atom stereocenters. The molecule has 2 atom stereocenters. The summed E-state index contributed by atoms with van der Waals surface area (Å²) >= 11 is 1.59. The number of thioether (sulfide) groups is 1. The molecule has 0 saturated carbocycles. The van der Waals surface area contributed by atoms with Crippen molar-refractivity contribution >= 4 is 17.3 Å². The van der Waals surface area contributed by atoms with Crippen LogP contribution >= 0.6 is 11.8 Å². The SMILES string of the molecule is CSc1ncnn2c([C@H]3CC[C@@H](CN4CCC(F)(F)C4)O3)ccc12. The predicted octanol–water partition coefficient (Wildman–Crippen LogP) is 3.01. The highest BCUT2D eigenvalue weighted by Crippen LogP contribution is 2.35. The maximum atomic E-state index is 13.3. The van der Waals surface area contributed by atoms with Crippen LogP contribution in [0.3, 0.4) is 0 Å². The van der Waals surface area contributed by atoms with Crippen molar-refractivity contribution in [1.82, 2.24) is 19.5 Å². The number of alkyl halides is 2. The Morgan fingerprint density at radius 2 is 2.25 bits per heavy atom. The van der Waals surface area contributed by atoms with Crippen LogP contribution in [0.15, 0.2) is 23.5 Å². The van der Waals surface area contributed by atoms with Gasteiger partial charge in [0.15, 0.2) is 0 Å². The predicted molar refractivity (Wildman–Crippen MR) is 87.6 cm³/mol. The molecule has 5 nitrogen and oxygen atoms in total. The molecular weight excluding hydrogens is 334 g/mol. The van der Waals surface area contributed by atoms with E-state index in [1.165, 1.54) is 0 Å². The van der Waals surface area contributed by atoms with Crippen LogP contribution in [0.2, 0.25) is 0 Å². The van der Waals surface area contributed by atoms with Crippen molar-refractivity contribution in [3.63, 3.8) is 0 Å².